The molecular weight excluding hydrogens is 384 g/mol. The van der Waals surface area contributed by atoms with E-state index in [1.807, 2.05) is 78.1 Å². The van der Waals surface area contributed by atoms with Gasteiger partial charge < -0.3 is 5.32 Å². The van der Waals surface area contributed by atoms with Gasteiger partial charge >= 0.3 is 0 Å². The van der Waals surface area contributed by atoms with Crippen molar-refractivity contribution in [3.63, 3.8) is 0 Å². The molecule has 0 radical (unpaired) electrons. The number of thioether (sulfide) groups is 1. The Morgan fingerprint density at radius 2 is 1.79 bits per heavy atom. The van der Waals surface area contributed by atoms with Crippen LogP contribution >= 0.6 is 11.8 Å². The number of nitrogens with one attached hydrogen (secondary N) is 1. The van der Waals surface area contributed by atoms with Gasteiger partial charge in [0.2, 0.25) is 16.9 Å². The van der Waals surface area contributed by atoms with Gasteiger partial charge in [-0.05, 0) is 61.4 Å². The summed E-state index contributed by atoms with van der Waals surface area (Å²) in [6.07, 6.45) is 5.51. The zero-order valence-electron chi connectivity index (χ0n) is 16.1. The largest absolute Gasteiger partial charge is 0.325 e. The van der Waals surface area contributed by atoms with E-state index < -0.39 is 0 Å². The topological polar surface area (TPSA) is 77.6 Å². The Morgan fingerprint density at radius 1 is 1.03 bits per heavy atom. The van der Waals surface area contributed by atoms with E-state index in [4.69, 9.17) is 0 Å². The summed E-state index contributed by atoms with van der Waals surface area (Å²) in [7, 11) is 0. The van der Waals surface area contributed by atoms with Crippen LogP contribution in [0.2, 0.25) is 0 Å². The number of hydrogen-bond acceptors (Lipinski definition) is 5. The number of aromatic nitrogens is 5. The number of benzene rings is 1. The number of anilines is 1. The lowest BCUT2D eigenvalue weighted by Gasteiger charge is -2.11. The highest BCUT2D eigenvalue weighted by Gasteiger charge is 2.17. The Morgan fingerprint density at radius 3 is 2.48 bits per heavy atom. The quantitative estimate of drug-likeness (QED) is 0.495. The predicted octanol–water partition coefficient (Wildman–Crippen LogP) is 3.80. The maximum atomic E-state index is 12.5. The molecule has 0 aliphatic heterocycles. The van der Waals surface area contributed by atoms with Crippen molar-refractivity contribution >= 4 is 23.4 Å². The van der Waals surface area contributed by atoms with E-state index in [0.29, 0.717) is 16.7 Å². The molecule has 146 valence electrons. The number of aryl methyl sites for hydroxylation is 2. The van der Waals surface area contributed by atoms with Gasteiger partial charge in [0.25, 0.3) is 0 Å². The van der Waals surface area contributed by atoms with Crippen LogP contribution in [-0.4, -0.2) is 36.2 Å². The molecule has 0 fully saturated rings. The Balaban J connectivity index is 1.54. The molecular formula is C21H20N6OS. The SMILES string of the molecule is Cc1cc(C)cc(NC(=O)CSc2nnc(-c3ccccn3)n2-n2cccc2)c1. The van der Waals surface area contributed by atoms with Gasteiger partial charge in [0, 0.05) is 24.3 Å². The highest BCUT2D eigenvalue weighted by Crippen LogP contribution is 2.23. The molecule has 0 bridgehead atoms. The number of amides is 1. The van der Waals surface area contributed by atoms with Crippen molar-refractivity contribution in [3.8, 4) is 11.5 Å². The van der Waals surface area contributed by atoms with Gasteiger partial charge in [-0.25, -0.2) is 4.68 Å². The third kappa shape index (κ3) is 4.38. The smallest absolute Gasteiger partial charge is 0.234 e. The van der Waals surface area contributed by atoms with Gasteiger partial charge in [-0.1, -0.05) is 23.9 Å². The molecule has 0 aliphatic rings. The van der Waals surface area contributed by atoms with Crippen LogP contribution in [-0.2, 0) is 4.79 Å². The first-order valence-electron chi connectivity index (χ1n) is 9.11. The van der Waals surface area contributed by atoms with E-state index in [1.54, 1.807) is 6.20 Å². The standard InChI is InChI=1S/C21H20N6OS/c1-15-11-16(2)13-17(12-15)23-19(28)14-29-21-25-24-20(18-7-3-4-8-22-18)27(21)26-9-5-6-10-26/h3-13H,14H2,1-2H3,(H,23,28). The van der Waals surface area contributed by atoms with Crippen molar-refractivity contribution in [1.82, 2.24) is 24.5 Å². The van der Waals surface area contributed by atoms with E-state index >= 15 is 0 Å². The van der Waals surface area contributed by atoms with Crippen LogP contribution in [0.25, 0.3) is 11.5 Å². The van der Waals surface area contributed by atoms with Crippen molar-refractivity contribution < 1.29 is 4.79 Å². The first kappa shape index (κ1) is 18.9. The minimum Gasteiger partial charge on any atom is -0.325 e. The third-order valence-electron chi connectivity index (χ3n) is 4.16. The molecule has 1 aromatic carbocycles. The Bertz CT molecular complexity index is 1100. The Kier molecular flexibility index (Phi) is 5.44. The zero-order valence-corrected chi connectivity index (χ0v) is 16.9. The molecule has 7 nitrogen and oxygen atoms in total. The first-order valence-corrected chi connectivity index (χ1v) is 10.1. The summed E-state index contributed by atoms with van der Waals surface area (Å²) in [5.74, 6) is 0.731. The minimum absolute atomic E-state index is 0.0959. The number of nitrogens with zero attached hydrogens (tertiary/aromatic N) is 5. The van der Waals surface area contributed by atoms with Gasteiger partial charge in [0.05, 0.1) is 5.75 Å². The molecule has 4 aromatic rings. The lowest BCUT2D eigenvalue weighted by atomic mass is 10.1. The summed E-state index contributed by atoms with van der Waals surface area (Å²) < 4.78 is 3.71. The molecule has 29 heavy (non-hydrogen) atoms. The molecule has 3 aromatic heterocycles. The fourth-order valence-electron chi connectivity index (χ4n) is 3.05. The molecule has 8 heteroatoms. The molecule has 1 N–H and O–H groups in total. The van der Waals surface area contributed by atoms with Gasteiger partial charge in [0.15, 0.2) is 0 Å². The normalized spacial score (nSPS) is 10.8. The van der Waals surface area contributed by atoms with Gasteiger partial charge in [-0.3, -0.25) is 14.5 Å². The lowest BCUT2D eigenvalue weighted by Crippen LogP contribution is -2.16. The average molecular weight is 404 g/mol. The van der Waals surface area contributed by atoms with E-state index in [-0.39, 0.29) is 11.7 Å². The van der Waals surface area contributed by atoms with Crippen molar-refractivity contribution in [1.29, 1.82) is 0 Å². The molecule has 0 atom stereocenters. The van der Waals surface area contributed by atoms with Crippen LogP contribution in [0.4, 0.5) is 5.69 Å². The summed E-state index contributed by atoms with van der Waals surface area (Å²) in [4.78, 5) is 16.8. The molecule has 3 heterocycles. The lowest BCUT2D eigenvalue weighted by molar-refractivity contribution is -0.113. The molecule has 1 amide bonds. The van der Waals surface area contributed by atoms with E-state index in [2.05, 4.69) is 26.6 Å². The van der Waals surface area contributed by atoms with Crippen molar-refractivity contribution in [2.75, 3.05) is 11.1 Å². The minimum atomic E-state index is -0.0959. The van der Waals surface area contributed by atoms with Gasteiger partial charge in [-0.2, -0.15) is 0 Å². The summed E-state index contributed by atoms with van der Waals surface area (Å²) in [5.41, 5.74) is 3.73. The maximum Gasteiger partial charge on any atom is 0.234 e. The van der Waals surface area contributed by atoms with E-state index in [9.17, 15) is 4.79 Å². The second-order valence-electron chi connectivity index (χ2n) is 6.61. The first-order chi connectivity index (χ1) is 14.1. The number of carbonyl (C=O) groups is 1. The Hall–Kier alpha value is -3.39. The third-order valence-corrected chi connectivity index (χ3v) is 5.08. The molecule has 0 saturated carbocycles. The highest BCUT2D eigenvalue weighted by molar-refractivity contribution is 7.99. The molecule has 0 spiro atoms. The zero-order chi connectivity index (χ0) is 20.2. The molecule has 0 unspecified atom stereocenters. The maximum absolute atomic E-state index is 12.5. The van der Waals surface area contributed by atoms with Crippen LogP contribution < -0.4 is 5.32 Å². The summed E-state index contributed by atoms with van der Waals surface area (Å²) in [6.45, 7) is 4.02. The molecule has 0 saturated heterocycles. The monoisotopic (exact) mass is 404 g/mol. The van der Waals surface area contributed by atoms with Crippen molar-refractivity contribution in [2.24, 2.45) is 0 Å². The second-order valence-corrected chi connectivity index (χ2v) is 7.55. The molecule has 0 aliphatic carbocycles. The predicted molar refractivity (Wildman–Crippen MR) is 114 cm³/mol. The van der Waals surface area contributed by atoms with Crippen LogP contribution in [0.5, 0.6) is 0 Å². The van der Waals surface area contributed by atoms with Crippen molar-refractivity contribution in [3.05, 3.63) is 78.2 Å². The summed E-state index contributed by atoms with van der Waals surface area (Å²) in [5, 5.41) is 12.2. The van der Waals surface area contributed by atoms with Crippen molar-refractivity contribution in [2.45, 2.75) is 19.0 Å². The Labute approximate surface area is 172 Å². The summed E-state index contributed by atoms with van der Waals surface area (Å²) >= 11 is 1.33. The van der Waals surface area contributed by atoms with Crippen LogP contribution in [0.1, 0.15) is 11.1 Å². The summed E-state index contributed by atoms with van der Waals surface area (Å²) in [6, 6.07) is 15.5. The number of hydrogen-bond donors (Lipinski definition) is 1. The van der Waals surface area contributed by atoms with E-state index in [1.165, 1.54) is 11.8 Å². The molecule has 4 rings (SSSR count). The van der Waals surface area contributed by atoms with Crippen LogP contribution in [0, 0.1) is 13.8 Å². The van der Waals surface area contributed by atoms with Crippen LogP contribution in [0.3, 0.4) is 0 Å². The highest BCUT2D eigenvalue weighted by atomic mass is 32.2. The van der Waals surface area contributed by atoms with Crippen LogP contribution in [0.15, 0.2) is 72.3 Å². The van der Waals surface area contributed by atoms with Gasteiger partial charge in [-0.15, -0.1) is 10.2 Å². The average Bonchev–Trinajstić information content (AvgIpc) is 3.35. The fraction of sp³-hybridized carbons (Fsp3) is 0.143. The van der Waals surface area contributed by atoms with E-state index in [0.717, 1.165) is 16.8 Å². The van der Waals surface area contributed by atoms with Gasteiger partial charge in [0.1, 0.15) is 5.69 Å². The number of pyridine rings is 1. The second kappa shape index (κ2) is 8.32. The number of rotatable bonds is 6. The fourth-order valence-corrected chi connectivity index (χ4v) is 3.79. The number of carbonyl (C=O) groups excluding carboxylic acids is 1.